The van der Waals surface area contributed by atoms with Gasteiger partial charge in [-0.3, -0.25) is 0 Å². The number of hydrogen-bond acceptors (Lipinski definition) is 1. The van der Waals surface area contributed by atoms with Crippen molar-refractivity contribution in [2.45, 2.75) is 32.4 Å². The van der Waals surface area contributed by atoms with Gasteiger partial charge in [0.1, 0.15) is 0 Å². The van der Waals surface area contributed by atoms with E-state index in [1.165, 1.54) is 25.0 Å². The maximum absolute atomic E-state index is 12.9. The fraction of sp³-hybridized carbons (Fsp3) is 0.500. The van der Waals surface area contributed by atoms with E-state index in [-0.39, 0.29) is 0 Å². The molecule has 3 heteroatoms. The molecule has 1 fully saturated rings. The van der Waals surface area contributed by atoms with E-state index in [1.807, 2.05) is 0 Å². The molecule has 0 amide bonds. The zero-order valence-electron chi connectivity index (χ0n) is 8.76. The van der Waals surface area contributed by atoms with Crippen molar-refractivity contribution >= 4 is 0 Å². The third-order valence-electron chi connectivity index (χ3n) is 2.94. The van der Waals surface area contributed by atoms with Gasteiger partial charge in [0.15, 0.2) is 11.6 Å². The van der Waals surface area contributed by atoms with Gasteiger partial charge in [0.05, 0.1) is 0 Å². The first kappa shape index (κ1) is 10.6. The van der Waals surface area contributed by atoms with Crippen LogP contribution in [0.15, 0.2) is 18.2 Å². The first-order valence-electron chi connectivity index (χ1n) is 5.34. The molecule has 1 unspecified atom stereocenters. The van der Waals surface area contributed by atoms with Gasteiger partial charge in [0.25, 0.3) is 0 Å². The lowest BCUT2D eigenvalue weighted by Gasteiger charge is -2.12. The zero-order valence-corrected chi connectivity index (χ0v) is 8.76. The van der Waals surface area contributed by atoms with Crippen molar-refractivity contribution in [2.75, 3.05) is 0 Å². The Morgan fingerprint density at radius 3 is 2.67 bits per heavy atom. The van der Waals surface area contributed by atoms with Crippen LogP contribution in [0.2, 0.25) is 0 Å². The minimum absolute atomic E-state index is 0.470. The summed E-state index contributed by atoms with van der Waals surface area (Å²) in [6.07, 6.45) is 2.57. The van der Waals surface area contributed by atoms with E-state index in [1.54, 1.807) is 6.07 Å². The highest BCUT2D eigenvalue weighted by molar-refractivity contribution is 5.17. The fourth-order valence-electron chi connectivity index (χ4n) is 1.69. The van der Waals surface area contributed by atoms with E-state index in [2.05, 4.69) is 12.2 Å². The molecule has 82 valence electrons. The maximum atomic E-state index is 12.9. The second-order valence-corrected chi connectivity index (χ2v) is 4.26. The van der Waals surface area contributed by atoms with Crippen LogP contribution in [0.4, 0.5) is 8.78 Å². The molecular formula is C12H15F2N. The summed E-state index contributed by atoms with van der Waals surface area (Å²) in [6, 6.07) is 4.51. The quantitative estimate of drug-likeness (QED) is 0.807. The second kappa shape index (κ2) is 4.27. The van der Waals surface area contributed by atoms with Crippen molar-refractivity contribution < 1.29 is 8.78 Å². The number of halogens is 2. The standard InChI is InChI=1S/C12H15F2N/c1-8(10-3-4-10)15-7-9-2-5-11(13)12(14)6-9/h2,5-6,8,10,15H,3-4,7H2,1H3. The molecule has 1 aromatic carbocycles. The van der Waals surface area contributed by atoms with Crippen LogP contribution in [0.1, 0.15) is 25.3 Å². The minimum atomic E-state index is -0.783. The largest absolute Gasteiger partial charge is 0.310 e. The van der Waals surface area contributed by atoms with Crippen molar-refractivity contribution in [1.82, 2.24) is 5.32 Å². The lowest BCUT2D eigenvalue weighted by Crippen LogP contribution is -2.27. The van der Waals surface area contributed by atoms with E-state index in [0.29, 0.717) is 12.6 Å². The van der Waals surface area contributed by atoms with Crippen molar-refractivity contribution in [2.24, 2.45) is 5.92 Å². The van der Waals surface area contributed by atoms with Crippen LogP contribution >= 0.6 is 0 Å². The summed E-state index contributed by atoms with van der Waals surface area (Å²) >= 11 is 0. The molecule has 1 atom stereocenters. The average molecular weight is 211 g/mol. The summed E-state index contributed by atoms with van der Waals surface area (Å²) in [5.41, 5.74) is 0.793. The second-order valence-electron chi connectivity index (χ2n) is 4.26. The van der Waals surface area contributed by atoms with E-state index in [4.69, 9.17) is 0 Å². The molecule has 0 radical (unpaired) electrons. The first-order valence-corrected chi connectivity index (χ1v) is 5.34. The molecule has 0 spiro atoms. The molecule has 1 saturated carbocycles. The number of hydrogen-bond donors (Lipinski definition) is 1. The lowest BCUT2D eigenvalue weighted by atomic mass is 10.1. The van der Waals surface area contributed by atoms with Crippen LogP contribution in [0, 0.1) is 17.6 Å². The van der Waals surface area contributed by atoms with Crippen molar-refractivity contribution in [3.63, 3.8) is 0 Å². The Morgan fingerprint density at radius 2 is 2.07 bits per heavy atom. The highest BCUT2D eigenvalue weighted by Crippen LogP contribution is 2.32. The number of benzene rings is 1. The highest BCUT2D eigenvalue weighted by atomic mass is 19.2. The summed E-state index contributed by atoms with van der Waals surface area (Å²) < 4.78 is 25.5. The molecule has 0 saturated heterocycles. The number of rotatable bonds is 4. The lowest BCUT2D eigenvalue weighted by molar-refractivity contribution is 0.487. The summed E-state index contributed by atoms with van der Waals surface area (Å²) in [5.74, 6) is -0.780. The Bertz CT molecular complexity index is 347. The Labute approximate surface area is 88.5 Å². The van der Waals surface area contributed by atoms with Gasteiger partial charge < -0.3 is 5.32 Å². The average Bonchev–Trinajstić information content (AvgIpc) is 3.03. The van der Waals surface area contributed by atoms with Crippen LogP contribution in [0.3, 0.4) is 0 Å². The Morgan fingerprint density at radius 1 is 1.33 bits per heavy atom. The number of nitrogens with one attached hydrogen (secondary N) is 1. The van der Waals surface area contributed by atoms with E-state index >= 15 is 0 Å². The molecule has 1 aliphatic carbocycles. The molecule has 0 aliphatic heterocycles. The highest BCUT2D eigenvalue weighted by Gasteiger charge is 2.27. The molecule has 0 heterocycles. The zero-order chi connectivity index (χ0) is 10.8. The van der Waals surface area contributed by atoms with Gasteiger partial charge in [0, 0.05) is 12.6 Å². The predicted octanol–water partition coefficient (Wildman–Crippen LogP) is 2.85. The Hall–Kier alpha value is -0.960. The van der Waals surface area contributed by atoms with Gasteiger partial charge in [-0.2, -0.15) is 0 Å². The summed E-state index contributed by atoms with van der Waals surface area (Å²) in [6.45, 7) is 2.74. The Kier molecular flexibility index (Phi) is 3.00. The van der Waals surface area contributed by atoms with Crippen LogP contribution in [0.5, 0.6) is 0 Å². The first-order chi connectivity index (χ1) is 7.16. The van der Waals surface area contributed by atoms with Crippen molar-refractivity contribution in [1.29, 1.82) is 0 Å². The van der Waals surface area contributed by atoms with Gasteiger partial charge in [-0.05, 0) is 43.4 Å². The topological polar surface area (TPSA) is 12.0 Å². The molecule has 0 aromatic heterocycles. The minimum Gasteiger partial charge on any atom is -0.310 e. The van der Waals surface area contributed by atoms with E-state index < -0.39 is 11.6 Å². The van der Waals surface area contributed by atoms with Gasteiger partial charge in [-0.1, -0.05) is 6.07 Å². The predicted molar refractivity (Wildman–Crippen MR) is 55.4 cm³/mol. The van der Waals surface area contributed by atoms with Crippen LogP contribution in [0.25, 0.3) is 0 Å². The van der Waals surface area contributed by atoms with E-state index in [9.17, 15) is 8.78 Å². The summed E-state index contributed by atoms with van der Waals surface area (Å²) in [4.78, 5) is 0. The molecule has 15 heavy (non-hydrogen) atoms. The third-order valence-corrected chi connectivity index (χ3v) is 2.94. The van der Waals surface area contributed by atoms with Crippen molar-refractivity contribution in [3.8, 4) is 0 Å². The Balaban J connectivity index is 1.89. The summed E-state index contributed by atoms with van der Waals surface area (Å²) in [5, 5.41) is 3.32. The van der Waals surface area contributed by atoms with Crippen LogP contribution in [-0.2, 0) is 6.54 Å². The molecule has 1 nitrogen and oxygen atoms in total. The molecule has 0 bridgehead atoms. The van der Waals surface area contributed by atoms with Gasteiger partial charge in [-0.15, -0.1) is 0 Å². The normalized spacial score (nSPS) is 17.8. The van der Waals surface area contributed by atoms with Gasteiger partial charge in [0.2, 0.25) is 0 Å². The maximum Gasteiger partial charge on any atom is 0.159 e. The van der Waals surface area contributed by atoms with Crippen LogP contribution < -0.4 is 5.32 Å². The molecule has 1 aromatic rings. The molecule has 1 N–H and O–H groups in total. The van der Waals surface area contributed by atoms with E-state index in [0.717, 1.165) is 11.5 Å². The molecule has 1 aliphatic rings. The van der Waals surface area contributed by atoms with Gasteiger partial charge in [-0.25, -0.2) is 8.78 Å². The molecule has 2 rings (SSSR count). The van der Waals surface area contributed by atoms with Gasteiger partial charge >= 0.3 is 0 Å². The van der Waals surface area contributed by atoms with Crippen LogP contribution in [-0.4, -0.2) is 6.04 Å². The fourth-order valence-corrected chi connectivity index (χ4v) is 1.69. The monoisotopic (exact) mass is 211 g/mol. The smallest absolute Gasteiger partial charge is 0.159 e. The molecular weight excluding hydrogens is 196 g/mol. The summed E-state index contributed by atoms with van der Waals surface area (Å²) in [7, 11) is 0. The SMILES string of the molecule is CC(NCc1ccc(F)c(F)c1)C1CC1. The third kappa shape index (κ3) is 2.75. The van der Waals surface area contributed by atoms with Crippen molar-refractivity contribution in [3.05, 3.63) is 35.4 Å².